The maximum absolute atomic E-state index is 15.6. The Balaban J connectivity index is 0.928. The van der Waals surface area contributed by atoms with Gasteiger partial charge in [0.2, 0.25) is 0 Å². The number of hydrogen-bond donors (Lipinski definition) is 0. The van der Waals surface area contributed by atoms with E-state index in [9.17, 15) is 0 Å². The lowest BCUT2D eigenvalue weighted by atomic mass is 10.0. The highest BCUT2D eigenvalue weighted by molar-refractivity contribution is 7.27. The zero-order chi connectivity index (χ0) is 57.4. The summed E-state index contributed by atoms with van der Waals surface area (Å²) in [6.07, 6.45) is 28.8. The average Bonchev–Trinajstić information content (AvgIpc) is 4.03. The highest BCUT2D eigenvalue weighted by Gasteiger charge is 2.49. The van der Waals surface area contributed by atoms with Gasteiger partial charge in [-0.25, -0.2) is 0 Å². The zero-order valence-corrected chi connectivity index (χ0v) is 54.5. The van der Waals surface area contributed by atoms with E-state index in [0.29, 0.717) is 24.2 Å². The van der Waals surface area contributed by atoms with Crippen LogP contribution in [-0.2, 0) is 22.4 Å². The molecule has 2 aliphatic rings. The molecule has 4 aromatic carbocycles. The first kappa shape index (κ1) is 59.6. The minimum atomic E-state index is 0.00105. The maximum Gasteiger partial charge on any atom is 0.261 e. The third kappa shape index (κ3) is 12.9. The molecule has 83 heavy (non-hydrogen) atoms. The van der Waals surface area contributed by atoms with Crippen molar-refractivity contribution in [3.63, 3.8) is 0 Å². The van der Waals surface area contributed by atoms with Crippen LogP contribution >= 0.6 is 56.7 Å². The third-order valence-electron chi connectivity index (χ3n) is 17.4. The number of hydrogen-bond acceptors (Lipinski definition) is 7. The Morgan fingerprint density at radius 2 is 0.795 bits per heavy atom. The molecule has 434 valence electrons. The normalized spacial score (nSPS) is 13.9. The summed E-state index contributed by atoms with van der Waals surface area (Å²) in [5.74, 6) is 0.00209. The van der Waals surface area contributed by atoms with Gasteiger partial charge in [-0.2, -0.15) is 0 Å². The Morgan fingerprint density at radius 1 is 0.361 bits per heavy atom. The summed E-state index contributed by atoms with van der Waals surface area (Å²) in [5, 5.41) is 7.88. The molecule has 2 amide bonds. The fourth-order valence-corrected chi connectivity index (χ4v) is 19.2. The van der Waals surface area contributed by atoms with E-state index in [1.807, 2.05) is 43.8 Å². The molecule has 9 heteroatoms. The highest BCUT2D eigenvalue weighted by Crippen LogP contribution is 2.52. The largest absolute Gasteiger partial charge is 0.306 e. The van der Waals surface area contributed by atoms with Crippen LogP contribution in [-0.4, -0.2) is 34.7 Å². The highest BCUT2D eigenvalue weighted by atomic mass is 32.1. The number of aryl methyl sites for hydroxylation is 4. The Kier molecular flexibility index (Phi) is 20.0. The van der Waals surface area contributed by atoms with Crippen LogP contribution in [0.3, 0.4) is 0 Å². The van der Waals surface area contributed by atoms with Crippen molar-refractivity contribution >= 4 is 122 Å². The molecular weight excluding hydrogens is 1110 g/mol. The molecule has 4 nitrogen and oxygen atoms in total. The van der Waals surface area contributed by atoms with Crippen LogP contribution in [0, 0.1) is 13.8 Å². The number of unbranched alkanes of at least 4 members (excludes halogenated alkanes) is 18. The SMILES string of the molecule is CCCCCCCCCCCCN1C(=O)C2=C(c3ccc(-c4sc(-c5ccc6c(ccc7c8ccc9cc(C)ccc9c8sc67)c5)cc4CCC)s3)N(CCCCCCCCCCCC)C(=O)C2=C1c1ccc(-c2sc(C)cc2CCC)s1. The molecule has 0 saturated heterocycles. The molecule has 7 heterocycles. The van der Waals surface area contributed by atoms with Gasteiger partial charge in [-0.3, -0.25) is 9.59 Å². The van der Waals surface area contributed by atoms with Crippen LogP contribution in [0.25, 0.3) is 83.1 Å². The zero-order valence-electron chi connectivity index (χ0n) is 50.4. The Hall–Kier alpha value is -5.16. The predicted octanol–water partition coefficient (Wildman–Crippen LogP) is 23.8. The van der Waals surface area contributed by atoms with Crippen LogP contribution < -0.4 is 0 Å². The van der Waals surface area contributed by atoms with Gasteiger partial charge in [0, 0.05) is 62.5 Å². The molecule has 9 aromatic rings. The number of fused-ring (bicyclic) bond motifs is 8. The lowest BCUT2D eigenvalue weighted by molar-refractivity contribution is -0.124. The van der Waals surface area contributed by atoms with Crippen molar-refractivity contribution < 1.29 is 9.59 Å². The average molecular weight is 1200 g/mol. The molecule has 0 bridgehead atoms. The smallest absolute Gasteiger partial charge is 0.261 e. The summed E-state index contributed by atoms with van der Waals surface area (Å²) in [6, 6.07) is 36.9. The van der Waals surface area contributed by atoms with E-state index in [1.165, 1.54) is 196 Å². The Morgan fingerprint density at radius 3 is 1.30 bits per heavy atom. The van der Waals surface area contributed by atoms with Gasteiger partial charge in [-0.1, -0.05) is 216 Å². The van der Waals surface area contributed by atoms with Crippen molar-refractivity contribution in [3.05, 3.63) is 140 Å². The van der Waals surface area contributed by atoms with Gasteiger partial charge in [0.25, 0.3) is 11.8 Å². The van der Waals surface area contributed by atoms with Crippen molar-refractivity contribution in [2.75, 3.05) is 13.1 Å². The number of nitrogens with zero attached hydrogens (tertiary/aromatic N) is 2. The molecule has 0 spiro atoms. The summed E-state index contributed by atoms with van der Waals surface area (Å²) in [4.78, 5) is 45.0. The first-order valence-electron chi connectivity index (χ1n) is 32.0. The number of thiophene rings is 5. The number of carbonyl (C=O) groups excluding carboxylic acids is 2. The van der Waals surface area contributed by atoms with E-state index < -0.39 is 0 Å². The van der Waals surface area contributed by atoms with E-state index in [-0.39, 0.29) is 11.8 Å². The van der Waals surface area contributed by atoms with E-state index in [0.717, 1.165) is 72.5 Å². The molecule has 0 radical (unpaired) electrons. The Labute approximate surface area is 515 Å². The number of carbonyl (C=O) groups is 2. The van der Waals surface area contributed by atoms with E-state index in [1.54, 1.807) is 22.7 Å². The molecular formula is C74H86N2O2S5. The lowest BCUT2D eigenvalue weighted by Crippen LogP contribution is -2.30. The fraction of sp³-hybridized carbons (Fsp3) is 0.432. The summed E-state index contributed by atoms with van der Waals surface area (Å²) in [5.41, 5.74) is 8.22. The van der Waals surface area contributed by atoms with Crippen LogP contribution in [0.4, 0.5) is 0 Å². The van der Waals surface area contributed by atoms with Crippen LogP contribution in [0.15, 0.2) is 108 Å². The molecule has 0 N–H and O–H groups in total. The fourth-order valence-electron chi connectivity index (χ4n) is 13.1. The second-order valence-corrected chi connectivity index (χ2v) is 29.4. The second-order valence-electron chi connectivity index (χ2n) is 23.9. The maximum atomic E-state index is 15.6. The van der Waals surface area contributed by atoms with Crippen molar-refractivity contribution in [1.82, 2.24) is 9.80 Å². The molecule has 0 aliphatic carbocycles. The first-order chi connectivity index (χ1) is 40.7. The van der Waals surface area contributed by atoms with Crippen molar-refractivity contribution in [2.24, 2.45) is 0 Å². The standard InChI is InChI=1S/C74H86N2O2S5/c1-7-11-13-15-17-19-21-23-25-27-43-75-67(60-39-41-62(80-60)69-54(29-9-3)46-50(6)79-69)65-66(74(75)78)68(76(73(65)77)44-28-26-24-22-20-18-16-14-12-8-2)61-40-42-63(81-61)70-55(30-10-4)48-64(82-70)53-34-36-57-52(47-53)33-38-59-58-37-32-51-45-49(5)31-35-56(51)71(58)83-72(57)59/h31-42,45-48H,7-30,43-44H2,1-6H3. The van der Waals surface area contributed by atoms with Gasteiger partial charge in [0.15, 0.2) is 0 Å². The molecule has 5 aromatic heterocycles. The second kappa shape index (κ2) is 27.9. The Bertz CT molecular complexity index is 3810. The quantitative estimate of drug-likeness (QED) is 0.0406. The lowest BCUT2D eigenvalue weighted by Gasteiger charge is -2.24. The van der Waals surface area contributed by atoms with Gasteiger partial charge in [0.05, 0.1) is 32.3 Å². The number of rotatable bonds is 31. The van der Waals surface area contributed by atoms with Crippen LogP contribution in [0.5, 0.6) is 0 Å². The topological polar surface area (TPSA) is 40.6 Å². The minimum absolute atomic E-state index is 0.00105. The van der Waals surface area contributed by atoms with E-state index in [2.05, 4.69) is 139 Å². The van der Waals surface area contributed by atoms with Crippen LogP contribution in [0.2, 0.25) is 0 Å². The summed E-state index contributed by atoms with van der Waals surface area (Å²) < 4.78 is 2.72. The van der Waals surface area contributed by atoms with Gasteiger partial charge >= 0.3 is 0 Å². The summed E-state index contributed by atoms with van der Waals surface area (Å²) in [7, 11) is 0. The predicted molar refractivity (Wildman–Crippen MR) is 367 cm³/mol. The molecule has 2 aliphatic heterocycles. The monoisotopic (exact) mass is 1190 g/mol. The molecule has 11 rings (SSSR count). The summed E-state index contributed by atoms with van der Waals surface area (Å²) in [6.45, 7) is 14.7. The van der Waals surface area contributed by atoms with Crippen molar-refractivity contribution in [2.45, 2.75) is 196 Å². The number of amides is 2. The summed E-state index contributed by atoms with van der Waals surface area (Å²) >= 11 is 9.22. The van der Waals surface area contributed by atoms with Crippen molar-refractivity contribution in [3.8, 4) is 29.9 Å². The van der Waals surface area contributed by atoms with Gasteiger partial charge in [-0.15, -0.1) is 56.7 Å². The number of benzene rings is 4. The van der Waals surface area contributed by atoms with Gasteiger partial charge in [-0.05, 0) is 120 Å². The molecule has 0 unspecified atom stereocenters. The van der Waals surface area contributed by atoms with Gasteiger partial charge in [0.1, 0.15) is 0 Å². The van der Waals surface area contributed by atoms with E-state index >= 15 is 9.59 Å². The van der Waals surface area contributed by atoms with E-state index in [4.69, 9.17) is 0 Å². The van der Waals surface area contributed by atoms with Crippen LogP contribution in [0.1, 0.15) is 200 Å². The van der Waals surface area contributed by atoms with Gasteiger partial charge < -0.3 is 9.80 Å². The minimum Gasteiger partial charge on any atom is -0.306 e. The third-order valence-corrected chi connectivity index (χ3v) is 23.6. The van der Waals surface area contributed by atoms with Crippen molar-refractivity contribution in [1.29, 1.82) is 0 Å². The first-order valence-corrected chi connectivity index (χ1v) is 36.1. The molecule has 0 fully saturated rings. The molecule has 0 saturated carbocycles. The molecule has 0 atom stereocenters.